The average Bonchev–Trinajstić information content (AvgIpc) is 2.88. The lowest BCUT2D eigenvalue weighted by Gasteiger charge is -2.26. The summed E-state index contributed by atoms with van der Waals surface area (Å²) < 4.78 is 6.04. The Morgan fingerprint density at radius 1 is 1.05 bits per heavy atom. The van der Waals surface area contributed by atoms with Crippen LogP contribution in [-0.2, 0) is 0 Å². The number of hydrogen-bond acceptors (Lipinski definition) is 5. The Morgan fingerprint density at radius 2 is 1.79 bits per heavy atom. The van der Waals surface area contributed by atoms with E-state index in [-0.39, 0.29) is 18.1 Å². The van der Waals surface area contributed by atoms with Crippen molar-refractivity contribution in [2.75, 3.05) is 27.2 Å². The number of hydrogen-bond donors (Lipinski definition) is 2. The smallest absolute Gasteiger partial charge is 0.270 e. The number of amides is 1. The van der Waals surface area contributed by atoms with Gasteiger partial charge in [0.1, 0.15) is 11.4 Å². The van der Waals surface area contributed by atoms with E-state index in [0.29, 0.717) is 41.6 Å². The molecule has 202 valence electrons. The molecule has 1 amide bonds. The highest BCUT2D eigenvalue weighted by Crippen LogP contribution is 2.37. The second-order valence-corrected chi connectivity index (χ2v) is 10.9. The fourth-order valence-electron chi connectivity index (χ4n) is 4.94. The Kier molecular flexibility index (Phi) is 9.42. The highest BCUT2D eigenvalue weighted by atomic mass is 35.5. The van der Waals surface area contributed by atoms with Gasteiger partial charge < -0.3 is 20.1 Å². The van der Waals surface area contributed by atoms with Crippen molar-refractivity contribution in [3.8, 4) is 28.1 Å². The second kappa shape index (κ2) is 12.7. The summed E-state index contributed by atoms with van der Waals surface area (Å²) in [5.74, 6) is 0.404. The maximum atomic E-state index is 13.2. The quantitative estimate of drug-likeness (QED) is 0.326. The molecule has 4 rings (SSSR count). The molecule has 7 heteroatoms. The van der Waals surface area contributed by atoms with Gasteiger partial charge in [0.15, 0.2) is 0 Å². The number of halogens is 1. The van der Waals surface area contributed by atoms with Crippen LogP contribution in [0.15, 0.2) is 48.5 Å². The van der Waals surface area contributed by atoms with Gasteiger partial charge in [-0.15, -0.1) is 0 Å². The van der Waals surface area contributed by atoms with Crippen LogP contribution in [0.2, 0.25) is 5.02 Å². The lowest BCUT2D eigenvalue weighted by molar-refractivity contribution is 0.0863. The van der Waals surface area contributed by atoms with Crippen molar-refractivity contribution in [1.82, 2.24) is 15.2 Å². The van der Waals surface area contributed by atoms with E-state index in [2.05, 4.69) is 42.3 Å². The number of carbonyl (C=O) groups excluding carboxylic acids is 1. The normalized spacial score (nSPS) is 17.4. The van der Waals surface area contributed by atoms with E-state index < -0.39 is 0 Å². The summed E-state index contributed by atoms with van der Waals surface area (Å²) >= 11 is 6.49. The molecule has 1 aromatic heterocycles. The largest absolute Gasteiger partial charge is 0.492 e. The minimum atomic E-state index is -0.269. The van der Waals surface area contributed by atoms with Gasteiger partial charge in [-0.05, 0) is 95.4 Å². The first-order valence-corrected chi connectivity index (χ1v) is 13.7. The summed E-state index contributed by atoms with van der Waals surface area (Å²) in [6.07, 6.45) is 3.56. The van der Waals surface area contributed by atoms with E-state index in [1.165, 1.54) is 5.56 Å². The minimum Gasteiger partial charge on any atom is -0.492 e. The minimum absolute atomic E-state index is 0.0490. The van der Waals surface area contributed by atoms with Crippen molar-refractivity contribution in [3.05, 3.63) is 70.4 Å². The zero-order chi connectivity index (χ0) is 27.2. The van der Waals surface area contributed by atoms with Gasteiger partial charge in [-0.2, -0.15) is 0 Å². The van der Waals surface area contributed by atoms with Crippen molar-refractivity contribution in [2.45, 2.75) is 58.1 Å². The lowest BCUT2D eigenvalue weighted by Crippen LogP contribution is -2.38. The SMILES string of the molecule is Cc1ccc(-c2ccc(C(=O)NC3CCC(O)CC3)nc2-c2ccc(Cl)c(OCCCN(C)C)c2)c(C)c1. The van der Waals surface area contributed by atoms with Gasteiger partial charge in [-0.25, -0.2) is 4.98 Å². The number of nitrogens with one attached hydrogen (secondary N) is 1. The number of carbonyl (C=O) groups is 1. The Balaban J connectivity index is 1.68. The summed E-state index contributed by atoms with van der Waals surface area (Å²) in [4.78, 5) is 20.2. The van der Waals surface area contributed by atoms with Gasteiger partial charge in [0, 0.05) is 23.7 Å². The van der Waals surface area contributed by atoms with Crippen LogP contribution < -0.4 is 10.1 Å². The predicted molar refractivity (Wildman–Crippen MR) is 154 cm³/mol. The molecule has 0 unspecified atom stereocenters. The van der Waals surface area contributed by atoms with Gasteiger partial charge in [-0.1, -0.05) is 41.4 Å². The summed E-state index contributed by atoms with van der Waals surface area (Å²) in [6, 6.07) is 15.8. The van der Waals surface area contributed by atoms with Crippen LogP contribution in [-0.4, -0.2) is 60.3 Å². The number of pyridine rings is 1. The molecule has 38 heavy (non-hydrogen) atoms. The molecule has 6 nitrogen and oxygen atoms in total. The first-order chi connectivity index (χ1) is 18.2. The van der Waals surface area contributed by atoms with E-state index in [9.17, 15) is 9.90 Å². The maximum absolute atomic E-state index is 13.2. The summed E-state index contributed by atoms with van der Waals surface area (Å²) in [7, 11) is 4.07. The molecule has 0 saturated heterocycles. The zero-order valence-corrected chi connectivity index (χ0v) is 23.5. The Labute approximate surface area is 231 Å². The van der Waals surface area contributed by atoms with Gasteiger partial charge in [0.2, 0.25) is 0 Å². The van der Waals surface area contributed by atoms with Crippen molar-refractivity contribution >= 4 is 17.5 Å². The highest BCUT2D eigenvalue weighted by Gasteiger charge is 2.23. The molecule has 0 radical (unpaired) electrons. The molecule has 1 fully saturated rings. The highest BCUT2D eigenvalue weighted by molar-refractivity contribution is 6.32. The summed E-state index contributed by atoms with van der Waals surface area (Å²) in [5, 5.41) is 13.5. The van der Waals surface area contributed by atoms with Crippen molar-refractivity contribution < 1.29 is 14.6 Å². The molecule has 0 spiro atoms. The fraction of sp³-hybridized carbons (Fsp3) is 0.419. The second-order valence-electron chi connectivity index (χ2n) is 10.5. The van der Waals surface area contributed by atoms with E-state index in [4.69, 9.17) is 21.3 Å². The van der Waals surface area contributed by atoms with Gasteiger partial charge >= 0.3 is 0 Å². The lowest BCUT2D eigenvalue weighted by atomic mass is 9.93. The fourth-order valence-corrected chi connectivity index (χ4v) is 5.11. The topological polar surface area (TPSA) is 74.7 Å². The standard InChI is InChI=1S/C31H38ClN3O3/c1-20-6-12-25(21(2)18-20)26-13-15-28(31(37)33-23-8-10-24(36)11-9-23)34-30(26)22-7-14-27(32)29(19-22)38-17-5-16-35(3)4/h6-7,12-15,18-19,23-24,36H,5,8-11,16-17H2,1-4H3,(H,33,37). The Morgan fingerprint density at radius 3 is 2.50 bits per heavy atom. The summed E-state index contributed by atoms with van der Waals surface area (Å²) in [5.41, 5.74) is 6.24. The molecule has 0 atom stereocenters. The molecule has 1 saturated carbocycles. The van der Waals surface area contributed by atoms with E-state index in [1.54, 1.807) is 6.07 Å². The van der Waals surface area contributed by atoms with E-state index >= 15 is 0 Å². The van der Waals surface area contributed by atoms with Crippen molar-refractivity contribution in [3.63, 3.8) is 0 Å². The third kappa shape index (κ3) is 7.13. The van der Waals surface area contributed by atoms with E-state index in [1.807, 2.05) is 38.4 Å². The van der Waals surface area contributed by atoms with E-state index in [0.717, 1.165) is 48.1 Å². The number of aryl methyl sites for hydroxylation is 2. The molecule has 0 aliphatic heterocycles. The molecule has 1 aliphatic rings. The Hall–Kier alpha value is -2.93. The predicted octanol–water partition coefficient (Wildman–Crippen LogP) is 6.05. The molecule has 2 N–H and O–H groups in total. The van der Waals surface area contributed by atoms with Crippen LogP contribution in [0.4, 0.5) is 0 Å². The zero-order valence-electron chi connectivity index (χ0n) is 22.8. The monoisotopic (exact) mass is 535 g/mol. The molecule has 1 heterocycles. The number of aliphatic hydroxyl groups is 1. The van der Waals surface area contributed by atoms with Gasteiger partial charge in [0.25, 0.3) is 5.91 Å². The van der Waals surface area contributed by atoms with Crippen LogP contribution in [0.25, 0.3) is 22.4 Å². The molecule has 1 aliphatic carbocycles. The number of rotatable bonds is 9. The Bertz CT molecular complexity index is 1270. The first kappa shape index (κ1) is 28.1. The number of ether oxygens (including phenoxy) is 1. The first-order valence-electron chi connectivity index (χ1n) is 13.4. The summed E-state index contributed by atoms with van der Waals surface area (Å²) in [6.45, 7) is 5.64. The van der Waals surface area contributed by atoms with Crippen LogP contribution in [0.3, 0.4) is 0 Å². The number of benzene rings is 2. The molecule has 0 bridgehead atoms. The van der Waals surface area contributed by atoms with Crippen LogP contribution in [0.5, 0.6) is 5.75 Å². The maximum Gasteiger partial charge on any atom is 0.270 e. The van der Waals surface area contributed by atoms with Crippen molar-refractivity contribution in [2.24, 2.45) is 0 Å². The van der Waals surface area contributed by atoms with Gasteiger partial charge in [0.05, 0.1) is 23.4 Å². The third-order valence-corrected chi connectivity index (χ3v) is 7.36. The van der Waals surface area contributed by atoms with Crippen molar-refractivity contribution in [1.29, 1.82) is 0 Å². The number of nitrogens with zero attached hydrogens (tertiary/aromatic N) is 2. The third-order valence-electron chi connectivity index (χ3n) is 7.04. The number of aliphatic hydroxyl groups excluding tert-OH is 1. The molecule has 2 aromatic carbocycles. The van der Waals surface area contributed by atoms with Crippen LogP contribution in [0, 0.1) is 13.8 Å². The van der Waals surface area contributed by atoms with Crippen LogP contribution >= 0.6 is 11.6 Å². The molecular weight excluding hydrogens is 498 g/mol. The molecule has 3 aromatic rings. The molecular formula is C31H38ClN3O3. The average molecular weight is 536 g/mol. The van der Waals surface area contributed by atoms with Crippen LogP contribution in [0.1, 0.15) is 53.7 Å². The van der Waals surface area contributed by atoms with Gasteiger partial charge in [-0.3, -0.25) is 4.79 Å². The number of aromatic nitrogens is 1.